The molecule has 0 unspecified atom stereocenters. The van der Waals surface area contributed by atoms with Crippen LogP contribution in [-0.4, -0.2) is 47.3 Å². The average molecular weight is 245 g/mol. The quantitative estimate of drug-likeness (QED) is 0.857. The van der Waals surface area contributed by atoms with E-state index in [1.807, 2.05) is 29.2 Å². The smallest absolute Gasteiger partial charge is 0.228 e. The summed E-state index contributed by atoms with van der Waals surface area (Å²) >= 11 is 0. The molecule has 0 atom stereocenters. The summed E-state index contributed by atoms with van der Waals surface area (Å²) in [6, 6.07) is 7.83. The fraction of sp³-hybridized carbons (Fsp3) is 0.385. The molecule has 3 rings (SSSR count). The van der Waals surface area contributed by atoms with Crippen LogP contribution in [-0.2, 0) is 16.0 Å². The molecule has 94 valence electrons. The molecular weight excluding hydrogens is 230 g/mol. The van der Waals surface area contributed by atoms with Crippen LogP contribution in [0.3, 0.4) is 0 Å². The van der Waals surface area contributed by atoms with E-state index in [-0.39, 0.29) is 5.91 Å². The van der Waals surface area contributed by atoms with Crippen molar-refractivity contribution in [2.24, 2.45) is 0 Å². The second-order valence-electron chi connectivity index (χ2n) is 4.39. The molecule has 5 heteroatoms. The number of H-pyrrole nitrogens is 1. The first-order valence-corrected chi connectivity index (χ1v) is 6.12. The van der Waals surface area contributed by atoms with Crippen LogP contribution in [0.15, 0.2) is 24.3 Å². The number of carbonyl (C=O) groups is 1. The number of hydrogen-bond acceptors (Lipinski definition) is 3. The highest BCUT2D eigenvalue weighted by Crippen LogP contribution is 2.16. The number of nitrogens with zero attached hydrogens (tertiary/aromatic N) is 2. The van der Waals surface area contributed by atoms with E-state index >= 15 is 0 Å². The molecule has 1 aromatic heterocycles. The SMILES string of the molecule is O=C(Cc1[nH]nc2ccccc12)N1CCOCC1. The van der Waals surface area contributed by atoms with Gasteiger partial charge in [0.05, 0.1) is 30.8 Å². The molecule has 1 aliphatic heterocycles. The molecule has 0 aliphatic carbocycles. The van der Waals surface area contributed by atoms with Gasteiger partial charge in [-0.1, -0.05) is 18.2 Å². The Kier molecular flexibility index (Phi) is 2.98. The number of aromatic amines is 1. The number of ether oxygens (including phenoxy) is 1. The molecule has 1 aliphatic rings. The van der Waals surface area contributed by atoms with Crippen LogP contribution in [0.1, 0.15) is 5.69 Å². The fourth-order valence-corrected chi connectivity index (χ4v) is 2.22. The predicted octanol–water partition coefficient (Wildman–Crippen LogP) is 0.964. The molecular formula is C13H15N3O2. The second kappa shape index (κ2) is 4.78. The van der Waals surface area contributed by atoms with E-state index in [0.29, 0.717) is 32.7 Å². The summed E-state index contributed by atoms with van der Waals surface area (Å²) in [5, 5.41) is 8.18. The normalized spacial score (nSPS) is 16.1. The number of carbonyl (C=O) groups excluding carboxylic acids is 1. The Bertz CT molecular complexity index is 558. The number of benzene rings is 1. The predicted molar refractivity (Wildman–Crippen MR) is 67.2 cm³/mol. The fourth-order valence-electron chi connectivity index (χ4n) is 2.22. The van der Waals surface area contributed by atoms with Gasteiger partial charge in [0.15, 0.2) is 0 Å². The van der Waals surface area contributed by atoms with Crippen LogP contribution in [0.4, 0.5) is 0 Å². The topological polar surface area (TPSA) is 58.2 Å². The van der Waals surface area contributed by atoms with E-state index in [1.165, 1.54) is 0 Å². The number of para-hydroxylation sites is 1. The number of rotatable bonds is 2. The summed E-state index contributed by atoms with van der Waals surface area (Å²) in [5.41, 5.74) is 1.80. The van der Waals surface area contributed by atoms with Gasteiger partial charge in [-0.25, -0.2) is 0 Å². The molecule has 18 heavy (non-hydrogen) atoms. The Morgan fingerprint density at radius 1 is 1.33 bits per heavy atom. The molecule has 2 heterocycles. The van der Waals surface area contributed by atoms with Crippen molar-refractivity contribution in [3.63, 3.8) is 0 Å². The maximum Gasteiger partial charge on any atom is 0.228 e. The molecule has 0 spiro atoms. The highest BCUT2D eigenvalue weighted by Gasteiger charge is 2.18. The van der Waals surface area contributed by atoms with Crippen LogP contribution in [0, 0.1) is 0 Å². The van der Waals surface area contributed by atoms with Gasteiger partial charge in [0.1, 0.15) is 0 Å². The Labute approximate surface area is 105 Å². The number of morpholine rings is 1. The van der Waals surface area contributed by atoms with E-state index in [2.05, 4.69) is 10.2 Å². The molecule has 1 saturated heterocycles. The lowest BCUT2D eigenvalue weighted by Crippen LogP contribution is -2.41. The van der Waals surface area contributed by atoms with Crippen molar-refractivity contribution >= 4 is 16.8 Å². The lowest BCUT2D eigenvalue weighted by molar-refractivity contribution is -0.134. The van der Waals surface area contributed by atoms with Crippen LogP contribution < -0.4 is 0 Å². The molecule has 1 amide bonds. The number of amides is 1. The highest BCUT2D eigenvalue weighted by molar-refractivity contribution is 5.87. The van der Waals surface area contributed by atoms with Crippen molar-refractivity contribution in [2.75, 3.05) is 26.3 Å². The minimum Gasteiger partial charge on any atom is -0.378 e. The Morgan fingerprint density at radius 2 is 2.11 bits per heavy atom. The average Bonchev–Trinajstić information content (AvgIpc) is 2.83. The van der Waals surface area contributed by atoms with Gasteiger partial charge in [-0.3, -0.25) is 9.89 Å². The van der Waals surface area contributed by atoms with Gasteiger partial charge in [-0.2, -0.15) is 5.10 Å². The van der Waals surface area contributed by atoms with Crippen molar-refractivity contribution in [1.29, 1.82) is 0 Å². The van der Waals surface area contributed by atoms with Crippen LogP contribution in [0.5, 0.6) is 0 Å². The number of hydrogen-bond donors (Lipinski definition) is 1. The summed E-state index contributed by atoms with van der Waals surface area (Å²) in [6.07, 6.45) is 0.376. The van der Waals surface area contributed by atoms with Gasteiger partial charge in [-0.15, -0.1) is 0 Å². The van der Waals surface area contributed by atoms with Crippen molar-refractivity contribution in [3.8, 4) is 0 Å². The first kappa shape index (κ1) is 11.2. The van der Waals surface area contributed by atoms with Gasteiger partial charge >= 0.3 is 0 Å². The first-order chi connectivity index (χ1) is 8.84. The number of nitrogens with one attached hydrogen (secondary N) is 1. The zero-order chi connectivity index (χ0) is 12.4. The molecule has 2 aromatic rings. The molecule has 1 aromatic carbocycles. The molecule has 0 saturated carbocycles. The van der Waals surface area contributed by atoms with Crippen molar-refractivity contribution in [2.45, 2.75) is 6.42 Å². The Balaban J connectivity index is 1.77. The molecule has 0 radical (unpaired) electrons. The Morgan fingerprint density at radius 3 is 2.94 bits per heavy atom. The number of aromatic nitrogens is 2. The lowest BCUT2D eigenvalue weighted by atomic mass is 10.1. The zero-order valence-electron chi connectivity index (χ0n) is 10.1. The van der Waals surface area contributed by atoms with Crippen LogP contribution in [0.25, 0.3) is 10.9 Å². The molecule has 1 fully saturated rings. The van der Waals surface area contributed by atoms with Crippen LogP contribution in [0.2, 0.25) is 0 Å². The maximum atomic E-state index is 12.1. The van der Waals surface area contributed by atoms with E-state index in [1.54, 1.807) is 0 Å². The zero-order valence-corrected chi connectivity index (χ0v) is 10.1. The summed E-state index contributed by atoms with van der Waals surface area (Å²) in [6.45, 7) is 2.64. The third-order valence-electron chi connectivity index (χ3n) is 3.23. The van der Waals surface area contributed by atoms with E-state index in [9.17, 15) is 4.79 Å². The molecule has 0 bridgehead atoms. The van der Waals surface area contributed by atoms with E-state index in [4.69, 9.17) is 4.74 Å². The van der Waals surface area contributed by atoms with Crippen molar-refractivity contribution in [1.82, 2.24) is 15.1 Å². The first-order valence-electron chi connectivity index (χ1n) is 6.12. The van der Waals surface area contributed by atoms with Crippen molar-refractivity contribution in [3.05, 3.63) is 30.0 Å². The summed E-state index contributed by atoms with van der Waals surface area (Å²) in [4.78, 5) is 14.0. The van der Waals surface area contributed by atoms with Gasteiger partial charge in [0, 0.05) is 18.5 Å². The largest absolute Gasteiger partial charge is 0.378 e. The van der Waals surface area contributed by atoms with Crippen molar-refractivity contribution < 1.29 is 9.53 Å². The standard InChI is InChI=1S/C13H15N3O2/c17-13(16-5-7-18-8-6-16)9-12-10-3-1-2-4-11(10)14-15-12/h1-4H,5-9H2,(H,14,15). The van der Waals surface area contributed by atoms with Crippen LogP contribution >= 0.6 is 0 Å². The minimum absolute atomic E-state index is 0.132. The minimum atomic E-state index is 0.132. The maximum absolute atomic E-state index is 12.1. The summed E-state index contributed by atoms with van der Waals surface area (Å²) in [5.74, 6) is 0.132. The third-order valence-corrected chi connectivity index (χ3v) is 3.23. The highest BCUT2D eigenvalue weighted by atomic mass is 16.5. The third kappa shape index (κ3) is 2.09. The molecule has 1 N–H and O–H groups in total. The second-order valence-corrected chi connectivity index (χ2v) is 4.39. The monoisotopic (exact) mass is 245 g/mol. The molecule has 5 nitrogen and oxygen atoms in total. The summed E-state index contributed by atoms with van der Waals surface area (Å²) < 4.78 is 5.24. The summed E-state index contributed by atoms with van der Waals surface area (Å²) in [7, 11) is 0. The van der Waals surface area contributed by atoms with Gasteiger partial charge in [0.25, 0.3) is 0 Å². The number of fused-ring (bicyclic) bond motifs is 1. The van der Waals surface area contributed by atoms with Gasteiger partial charge < -0.3 is 9.64 Å². The van der Waals surface area contributed by atoms with Gasteiger partial charge in [-0.05, 0) is 6.07 Å². The lowest BCUT2D eigenvalue weighted by Gasteiger charge is -2.26. The Hall–Kier alpha value is -1.88. The van der Waals surface area contributed by atoms with E-state index < -0.39 is 0 Å². The van der Waals surface area contributed by atoms with E-state index in [0.717, 1.165) is 16.6 Å². The van der Waals surface area contributed by atoms with Gasteiger partial charge in [0.2, 0.25) is 5.91 Å².